The number of piperazine rings is 1. The number of carbonyl (C=O) groups is 1. The quantitative estimate of drug-likeness (QED) is 0.854. The van der Waals surface area contributed by atoms with E-state index in [1.807, 2.05) is 17.0 Å². The highest BCUT2D eigenvalue weighted by molar-refractivity contribution is 5.75. The van der Waals surface area contributed by atoms with Gasteiger partial charge in [0.1, 0.15) is 5.82 Å². The highest BCUT2D eigenvalue weighted by atomic mass is 16.4. The molecule has 3 heterocycles. The molecular formula is C21H28N6O2. The largest absolute Gasteiger partial charge is 0.420 e. The van der Waals surface area contributed by atoms with Crippen LogP contribution in [0.3, 0.4) is 0 Å². The number of nitrogens with one attached hydrogen (secondary N) is 1. The summed E-state index contributed by atoms with van der Waals surface area (Å²) in [6.45, 7) is 2.86. The van der Waals surface area contributed by atoms with Gasteiger partial charge in [0.2, 0.25) is 5.89 Å². The predicted molar refractivity (Wildman–Crippen MR) is 109 cm³/mol. The molecule has 3 fully saturated rings. The predicted octanol–water partition coefficient (Wildman–Crippen LogP) is 3.17. The molecule has 0 atom stereocenters. The molecule has 1 aliphatic heterocycles. The van der Waals surface area contributed by atoms with Gasteiger partial charge >= 0.3 is 6.03 Å². The van der Waals surface area contributed by atoms with E-state index < -0.39 is 0 Å². The maximum absolute atomic E-state index is 12.6. The van der Waals surface area contributed by atoms with E-state index in [4.69, 9.17) is 4.42 Å². The fourth-order valence-corrected chi connectivity index (χ4v) is 4.29. The average molecular weight is 396 g/mol. The summed E-state index contributed by atoms with van der Waals surface area (Å²) in [7, 11) is 0. The van der Waals surface area contributed by atoms with Crippen molar-refractivity contribution in [3.8, 4) is 11.5 Å². The molecule has 2 aromatic heterocycles. The first-order valence-corrected chi connectivity index (χ1v) is 10.9. The molecule has 2 aromatic rings. The van der Waals surface area contributed by atoms with Crippen LogP contribution in [0.5, 0.6) is 0 Å². The fraction of sp³-hybridized carbons (Fsp3) is 0.619. The van der Waals surface area contributed by atoms with E-state index in [2.05, 4.69) is 25.4 Å². The average Bonchev–Trinajstić information content (AvgIpc) is 3.51. The monoisotopic (exact) mass is 396 g/mol. The summed E-state index contributed by atoms with van der Waals surface area (Å²) in [5.74, 6) is 2.56. The summed E-state index contributed by atoms with van der Waals surface area (Å²) in [6.07, 6.45) is 10.0. The SMILES string of the molecule is O=C(NC1CCCCC1)N1CCN(c2ncccc2-c2nnc(C3CC3)o2)CC1. The van der Waals surface area contributed by atoms with Gasteiger partial charge in [-0.05, 0) is 37.8 Å². The van der Waals surface area contributed by atoms with E-state index in [0.717, 1.165) is 56.0 Å². The van der Waals surface area contributed by atoms with Crippen LogP contribution in [0.4, 0.5) is 10.6 Å². The third-order valence-electron chi connectivity index (χ3n) is 6.18. The van der Waals surface area contributed by atoms with E-state index in [9.17, 15) is 4.79 Å². The molecule has 0 bridgehead atoms. The molecule has 8 heteroatoms. The van der Waals surface area contributed by atoms with Gasteiger partial charge < -0.3 is 19.5 Å². The molecule has 3 aliphatic rings. The summed E-state index contributed by atoms with van der Waals surface area (Å²) in [5.41, 5.74) is 0.868. The maximum atomic E-state index is 12.6. The van der Waals surface area contributed by atoms with Gasteiger partial charge in [0, 0.05) is 44.3 Å². The molecular weight excluding hydrogens is 368 g/mol. The second-order valence-corrected chi connectivity index (χ2v) is 8.35. The minimum Gasteiger partial charge on any atom is -0.420 e. The van der Waals surface area contributed by atoms with Crippen LogP contribution in [0, 0.1) is 0 Å². The standard InChI is InChI=1S/C21H28N6O2/c28-21(23-16-5-2-1-3-6-16)27-13-11-26(12-14-27)18-17(7-4-10-22-18)20-25-24-19(29-20)15-8-9-15/h4,7,10,15-16H,1-3,5-6,8-9,11-14H2,(H,23,28). The molecule has 29 heavy (non-hydrogen) atoms. The van der Waals surface area contributed by atoms with E-state index >= 15 is 0 Å². The minimum absolute atomic E-state index is 0.0729. The number of aromatic nitrogens is 3. The Kier molecular flexibility index (Phi) is 5.08. The third kappa shape index (κ3) is 4.06. The molecule has 8 nitrogen and oxygen atoms in total. The number of amides is 2. The number of hydrogen-bond acceptors (Lipinski definition) is 6. The Bertz CT molecular complexity index is 850. The Balaban J connectivity index is 1.23. The van der Waals surface area contributed by atoms with Crippen LogP contribution in [0.15, 0.2) is 22.7 Å². The minimum atomic E-state index is 0.0729. The van der Waals surface area contributed by atoms with Crippen molar-refractivity contribution < 1.29 is 9.21 Å². The van der Waals surface area contributed by atoms with Crippen LogP contribution in [0.1, 0.15) is 56.8 Å². The van der Waals surface area contributed by atoms with Crippen molar-refractivity contribution in [2.45, 2.75) is 56.9 Å². The molecule has 0 spiro atoms. The number of pyridine rings is 1. The lowest BCUT2D eigenvalue weighted by molar-refractivity contribution is 0.186. The number of carbonyl (C=O) groups excluding carboxylic acids is 1. The van der Waals surface area contributed by atoms with Crippen molar-refractivity contribution in [3.63, 3.8) is 0 Å². The molecule has 5 rings (SSSR count). The molecule has 0 radical (unpaired) electrons. The van der Waals surface area contributed by atoms with Gasteiger partial charge in [-0.15, -0.1) is 10.2 Å². The van der Waals surface area contributed by atoms with Gasteiger partial charge in [0.15, 0.2) is 0 Å². The zero-order chi connectivity index (χ0) is 19.6. The number of anilines is 1. The third-order valence-corrected chi connectivity index (χ3v) is 6.18. The zero-order valence-corrected chi connectivity index (χ0v) is 16.7. The second kappa shape index (κ2) is 8.00. The Hall–Kier alpha value is -2.64. The van der Waals surface area contributed by atoms with Gasteiger partial charge in [-0.3, -0.25) is 0 Å². The van der Waals surface area contributed by atoms with Gasteiger partial charge in [0.25, 0.3) is 5.89 Å². The first kappa shape index (κ1) is 18.4. The van der Waals surface area contributed by atoms with Crippen molar-refractivity contribution in [1.29, 1.82) is 0 Å². The van der Waals surface area contributed by atoms with E-state index in [-0.39, 0.29) is 6.03 Å². The topological polar surface area (TPSA) is 87.4 Å². The molecule has 0 unspecified atom stereocenters. The van der Waals surface area contributed by atoms with Crippen LogP contribution in [0.25, 0.3) is 11.5 Å². The number of urea groups is 1. The van der Waals surface area contributed by atoms with Gasteiger partial charge in [0.05, 0.1) is 5.56 Å². The van der Waals surface area contributed by atoms with Gasteiger partial charge in [-0.2, -0.15) is 0 Å². The first-order valence-electron chi connectivity index (χ1n) is 10.9. The van der Waals surface area contributed by atoms with E-state index in [0.29, 0.717) is 30.9 Å². The molecule has 154 valence electrons. The summed E-state index contributed by atoms with van der Waals surface area (Å²) in [6, 6.07) is 4.29. The summed E-state index contributed by atoms with van der Waals surface area (Å²) >= 11 is 0. The Morgan fingerprint density at radius 3 is 2.59 bits per heavy atom. The second-order valence-electron chi connectivity index (χ2n) is 8.35. The Morgan fingerprint density at radius 2 is 1.83 bits per heavy atom. The number of nitrogens with zero attached hydrogens (tertiary/aromatic N) is 5. The van der Waals surface area contributed by atoms with Gasteiger partial charge in [-0.1, -0.05) is 19.3 Å². The van der Waals surface area contributed by atoms with Crippen LogP contribution < -0.4 is 10.2 Å². The normalized spacial score (nSPS) is 20.7. The fourth-order valence-electron chi connectivity index (χ4n) is 4.29. The Morgan fingerprint density at radius 1 is 1.03 bits per heavy atom. The lowest BCUT2D eigenvalue weighted by Crippen LogP contribution is -2.54. The summed E-state index contributed by atoms with van der Waals surface area (Å²) in [4.78, 5) is 21.3. The van der Waals surface area contributed by atoms with Crippen molar-refractivity contribution in [3.05, 3.63) is 24.2 Å². The summed E-state index contributed by atoms with van der Waals surface area (Å²) < 4.78 is 5.91. The molecule has 1 N–H and O–H groups in total. The van der Waals surface area contributed by atoms with E-state index in [1.165, 1.54) is 19.3 Å². The highest BCUT2D eigenvalue weighted by Gasteiger charge is 2.31. The smallest absolute Gasteiger partial charge is 0.317 e. The lowest BCUT2D eigenvalue weighted by Gasteiger charge is -2.37. The van der Waals surface area contributed by atoms with Crippen LogP contribution >= 0.6 is 0 Å². The summed E-state index contributed by atoms with van der Waals surface area (Å²) in [5, 5.41) is 11.7. The maximum Gasteiger partial charge on any atom is 0.317 e. The van der Waals surface area contributed by atoms with Crippen molar-refractivity contribution in [2.75, 3.05) is 31.1 Å². The van der Waals surface area contributed by atoms with E-state index in [1.54, 1.807) is 6.20 Å². The first-order chi connectivity index (χ1) is 14.3. The Labute approximate surface area is 170 Å². The van der Waals surface area contributed by atoms with Gasteiger partial charge in [-0.25, -0.2) is 9.78 Å². The molecule has 1 saturated heterocycles. The van der Waals surface area contributed by atoms with Crippen LogP contribution in [-0.4, -0.2) is 58.3 Å². The molecule has 2 saturated carbocycles. The molecule has 2 aliphatic carbocycles. The highest BCUT2D eigenvalue weighted by Crippen LogP contribution is 2.40. The zero-order valence-electron chi connectivity index (χ0n) is 16.7. The van der Waals surface area contributed by atoms with Crippen LogP contribution in [0.2, 0.25) is 0 Å². The van der Waals surface area contributed by atoms with Crippen molar-refractivity contribution in [2.24, 2.45) is 0 Å². The number of rotatable bonds is 4. The van der Waals surface area contributed by atoms with Crippen LogP contribution in [-0.2, 0) is 0 Å². The lowest BCUT2D eigenvalue weighted by atomic mass is 9.96. The van der Waals surface area contributed by atoms with Crippen molar-refractivity contribution >= 4 is 11.8 Å². The molecule has 2 amide bonds. The molecule has 0 aromatic carbocycles. The van der Waals surface area contributed by atoms with Crippen molar-refractivity contribution in [1.82, 2.24) is 25.4 Å². The number of hydrogen-bond donors (Lipinski definition) is 1.